The molecule has 2 heteroatoms. The van der Waals surface area contributed by atoms with Gasteiger partial charge < -0.3 is 9.84 Å². The summed E-state index contributed by atoms with van der Waals surface area (Å²) in [6.07, 6.45) is 0. The van der Waals surface area contributed by atoms with Crippen LogP contribution in [0.15, 0.2) is 42.5 Å². The molecule has 2 rings (SSSR count). The predicted molar refractivity (Wildman–Crippen MR) is 60.5 cm³/mol. The summed E-state index contributed by atoms with van der Waals surface area (Å²) in [5.41, 5.74) is 0.795. The summed E-state index contributed by atoms with van der Waals surface area (Å²) in [4.78, 5) is 0. The molecule has 0 saturated heterocycles. The van der Waals surface area contributed by atoms with E-state index in [0.717, 1.165) is 16.3 Å². The Balaban J connectivity index is 2.71. The third-order valence-electron chi connectivity index (χ3n) is 2.69. The van der Waals surface area contributed by atoms with E-state index in [9.17, 15) is 5.11 Å². The molecule has 0 aliphatic carbocycles. The lowest BCUT2D eigenvalue weighted by Crippen LogP contribution is -2.23. The van der Waals surface area contributed by atoms with E-state index in [-0.39, 0.29) is 0 Å². The molecule has 0 saturated carbocycles. The first-order valence-corrected chi connectivity index (χ1v) is 4.91. The summed E-state index contributed by atoms with van der Waals surface area (Å²) in [6.45, 7) is 1.65. The summed E-state index contributed by atoms with van der Waals surface area (Å²) in [5.74, 6) is -1.24. The number of aliphatic hydroxyl groups is 1. The maximum Gasteiger partial charge on any atom is 0.189 e. The van der Waals surface area contributed by atoms with Crippen molar-refractivity contribution in [2.75, 3.05) is 7.11 Å². The van der Waals surface area contributed by atoms with Crippen molar-refractivity contribution >= 4 is 10.8 Å². The number of hydrogen-bond donors (Lipinski definition) is 1. The second-order valence-corrected chi connectivity index (χ2v) is 3.71. The molecule has 0 aromatic heterocycles. The van der Waals surface area contributed by atoms with Crippen molar-refractivity contribution in [1.29, 1.82) is 0 Å². The first-order chi connectivity index (χ1) is 7.15. The lowest BCUT2D eigenvalue weighted by atomic mass is 9.99. The topological polar surface area (TPSA) is 29.5 Å². The Morgan fingerprint density at radius 1 is 1.07 bits per heavy atom. The van der Waals surface area contributed by atoms with Gasteiger partial charge in [-0.25, -0.2) is 0 Å². The van der Waals surface area contributed by atoms with Crippen LogP contribution in [0.5, 0.6) is 0 Å². The van der Waals surface area contributed by atoms with Crippen LogP contribution < -0.4 is 0 Å². The summed E-state index contributed by atoms with van der Waals surface area (Å²) in [5, 5.41) is 12.2. The largest absolute Gasteiger partial charge is 0.362 e. The highest BCUT2D eigenvalue weighted by Gasteiger charge is 2.23. The van der Waals surface area contributed by atoms with E-state index >= 15 is 0 Å². The second kappa shape index (κ2) is 3.65. The van der Waals surface area contributed by atoms with Crippen molar-refractivity contribution in [3.8, 4) is 0 Å². The molecule has 1 atom stereocenters. The number of hydrogen-bond acceptors (Lipinski definition) is 2. The molecule has 0 fully saturated rings. The fourth-order valence-electron chi connectivity index (χ4n) is 1.74. The Morgan fingerprint density at radius 2 is 1.73 bits per heavy atom. The second-order valence-electron chi connectivity index (χ2n) is 3.71. The lowest BCUT2D eigenvalue weighted by Gasteiger charge is -2.23. The highest BCUT2D eigenvalue weighted by Crippen LogP contribution is 2.28. The van der Waals surface area contributed by atoms with E-state index in [4.69, 9.17) is 4.74 Å². The van der Waals surface area contributed by atoms with Crippen LogP contribution in [0.3, 0.4) is 0 Å². The van der Waals surface area contributed by atoms with Crippen molar-refractivity contribution in [3.63, 3.8) is 0 Å². The maximum absolute atomic E-state index is 10.1. The van der Waals surface area contributed by atoms with Gasteiger partial charge in [-0.3, -0.25) is 0 Å². The van der Waals surface area contributed by atoms with Gasteiger partial charge in [-0.15, -0.1) is 0 Å². The van der Waals surface area contributed by atoms with Gasteiger partial charge >= 0.3 is 0 Å². The Hall–Kier alpha value is -1.38. The van der Waals surface area contributed by atoms with Crippen LogP contribution in [-0.4, -0.2) is 12.2 Å². The van der Waals surface area contributed by atoms with Crippen molar-refractivity contribution in [3.05, 3.63) is 48.0 Å². The molecule has 0 bridgehead atoms. The fourth-order valence-corrected chi connectivity index (χ4v) is 1.74. The molecule has 0 heterocycles. The lowest BCUT2D eigenvalue weighted by molar-refractivity contribution is -0.177. The van der Waals surface area contributed by atoms with Crippen LogP contribution >= 0.6 is 0 Å². The van der Waals surface area contributed by atoms with Crippen molar-refractivity contribution in [1.82, 2.24) is 0 Å². The Labute approximate surface area is 89.1 Å². The molecular formula is C13H14O2. The number of fused-ring (bicyclic) bond motifs is 1. The molecule has 2 nitrogen and oxygen atoms in total. The zero-order valence-corrected chi connectivity index (χ0v) is 8.90. The highest BCUT2D eigenvalue weighted by molar-refractivity contribution is 5.86. The molecule has 0 radical (unpaired) electrons. The Kier molecular flexibility index (Phi) is 2.47. The summed E-state index contributed by atoms with van der Waals surface area (Å²) < 4.78 is 5.09. The minimum absolute atomic E-state index is 0.795. The summed E-state index contributed by atoms with van der Waals surface area (Å²) >= 11 is 0. The molecule has 1 N–H and O–H groups in total. The number of benzene rings is 2. The van der Waals surface area contributed by atoms with Crippen LogP contribution in [0, 0.1) is 0 Å². The highest BCUT2D eigenvalue weighted by atomic mass is 16.6. The SMILES string of the molecule is COC(C)(O)c1cccc2ccccc12. The van der Waals surface area contributed by atoms with Gasteiger partial charge in [-0.1, -0.05) is 42.5 Å². The predicted octanol–water partition coefficient (Wildman–Crippen LogP) is 2.65. The number of methoxy groups -OCH3 is 1. The molecule has 0 aliphatic rings. The monoisotopic (exact) mass is 202 g/mol. The van der Waals surface area contributed by atoms with Gasteiger partial charge in [0.15, 0.2) is 5.79 Å². The molecule has 2 aromatic rings. The van der Waals surface area contributed by atoms with E-state index < -0.39 is 5.79 Å². The first-order valence-electron chi connectivity index (χ1n) is 4.91. The van der Waals surface area contributed by atoms with E-state index in [1.54, 1.807) is 6.92 Å². The standard InChI is InChI=1S/C13H14O2/c1-13(14,15-2)12-9-5-7-10-6-3-4-8-11(10)12/h3-9,14H,1-2H3. The zero-order valence-electron chi connectivity index (χ0n) is 8.90. The van der Waals surface area contributed by atoms with Gasteiger partial charge in [-0.05, 0) is 17.7 Å². The van der Waals surface area contributed by atoms with Gasteiger partial charge in [-0.2, -0.15) is 0 Å². The molecule has 2 aromatic carbocycles. The van der Waals surface area contributed by atoms with E-state index in [1.165, 1.54) is 7.11 Å². The Morgan fingerprint density at radius 3 is 2.47 bits per heavy atom. The normalized spacial score (nSPS) is 15.1. The first kappa shape index (κ1) is 10.1. The van der Waals surface area contributed by atoms with Gasteiger partial charge in [0.2, 0.25) is 0 Å². The molecule has 0 amide bonds. The smallest absolute Gasteiger partial charge is 0.189 e. The van der Waals surface area contributed by atoms with E-state index in [2.05, 4.69) is 0 Å². The van der Waals surface area contributed by atoms with Gasteiger partial charge in [0.05, 0.1) is 0 Å². The minimum atomic E-state index is -1.24. The van der Waals surface area contributed by atoms with Crippen LogP contribution in [-0.2, 0) is 10.5 Å². The van der Waals surface area contributed by atoms with E-state index in [1.807, 2.05) is 42.5 Å². The summed E-state index contributed by atoms with van der Waals surface area (Å²) in [6, 6.07) is 13.8. The van der Waals surface area contributed by atoms with E-state index in [0.29, 0.717) is 0 Å². The van der Waals surface area contributed by atoms with Crippen molar-refractivity contribution in [2.24, 2.45) is 0 Å². The average Bonchev–Trinajstić information content (AvgIpc) is 2.28. The number of rotatable bonds is 2. The molecule has 0 aliphatic heterocycles. The Bertz CT molecular complexity index is 469. The third-order valence-corrected chi connectivity index (χ3v) is 2.69. The number of ether oxygens (including phenoxy) is 1. The quantitative estimate of drug-likeness (QED) is 0.758. The van der Waals surface area contributed by atoms with Gasteiger partial charge in [0.1, 0.15) is 0 Å². The van der Waals surface area contributed by atoms with Crippen LogP contribution in [0.2, 0.25) is 0 Å². The zero-order chi connectivity index (χ0) is 10.9. The van der Waals surface area contributed by atoms with Crippen molar-refractivity contribution < 1.29 is 9.84 Å². The molecule has 78 valence electrons. The average molecular weight is 202 g/mol. The summed E-state index contributed by atoms with van der Waals surface area (Å²) in [7, 11) is 1.50. The van der Waals surface area contributed by atoms with Gasteiger partial charge in [0, 0.05) is 12.7 Å². The molecular weight excluding hydrogens is 188 g/mol. The van der Waals surface area contributed by atoms with Crippen LogP contribution in [0.1, 0.15) is 12.5 Å². The maximum atomic E-state index is 10.1. The molecule has 0 spiro atoms. The molecule has 15 heavy (non-hydrogen) atoms. The fraction of sp³-hybridized carbons (Fsp3) is 0.231. The van der Waals surface area contributed by atoms with Crippen LogP contribution in [0.25, 0.3) is 10.8 Å². The molecule has 1 unspecified atom stereocenters. The minimum Gasteiger partial charge on any atom is -0.362 e. The van der Waals surface area contributed by atoms with Gasteiger partial charge in [0.25, 0.3) is 0 Å². The van der Waals surface area contributed by atoms with Crippen molar-refractivity contribution in [2.45, 2.75) is 12.7 Å². The van der Waals surface area contributed by atoms with Crippen LogP contribution in [0.4, 0.5) is 0 Å². The third kappa shape index (κ3) is 1.74.